The van der Waals surface area contributed by atoms with Gasteiger partial charge in [0.05, 0.1) is 0 Å². The van der Waals surface area contributed by atoms with Gasteiger partial charge in [0, 0.05) is 5.41 Å². The van der Waals surface area contributed by atoms with Crippen LogP contribution in [0.15, 0.2) is 0 Å². The average Bonchev–Trinajstić information content (AvgIpc) is 2.81. The summed E-state index contributed by atoms with van der Waals surface area (Å²) >= 11 is 0. The summed E-state index contributed by atoms with van der Waals surface area (Å²) in [6.07, 6.45) is 7.94. The van der Waals surface area contributed by atoms with Crippen molar-refractivity contribution in [1.29, 1.82) is 0 Å². The van der Waals surface area contributed by atoms with Crippen molar-refractivity contribution in [3.05, 3.63) is 0 Å². The number of aldehydes is 1. The molecule has 0 aliphatic heterocycles. The molecule has 13 heavy (non-hydrogen) atoms. The number of carbonyl (C=O) groups is 1. The molecule has 0 amide bonds. The molecule has 0 aromatic rings. The first-order valence-corrected chi connectivity index (χ1v) is 5.57. The molecule has 2 fully saturated rings. The lowest BCUT2D eigenvalue weighted by Crippen LogP contribution is -2.20. The van der Waals surface area contributed by atoms with E-state index >= 15 is 0 Å². The van der Waals surface area contributed by atoms with Crippen LogP contribution in [0.2, 0.25) is 0 Å². The number of fused-ring (bicyclic) bond motifs is 1. The van der Waals surface area contributed by atoms with Gasteiger partial charge in [-0.2, -0.15) is 0 Å². The number of hydrogen-bond donors (Lipinski definition) is 0. The lowest BCUT2D eigenvalue weighted by atomic mass is 9.77. The molecule has 0 spiro atoms. The second kappa shape index (κ2) is 3.11. The van der Waals surface area contributed by atoms with Crippen LogP contribution in [0.25, 0.3) is 0 Å². The molecule has 0 aromatic heterocycles. The van der Waals surface area contributed by atoms with Gasteiger partial charge in [-0.25, -0.2) is 0 Å². The van der Waals surface area contributed by atoms with Crippen LogP contribution in [0.5, 0.6) is 0 Å². The molecule has 3 atom stereocenters. The molecule has 2 saturated carbocycles. The van der Waals surface area contributed by atoms with Gasteiger partial charge in [0.15, 0.2) is 0 Å². The Bertz CT molecular complexity index is 207. The predicted molar refractivity (Wildman–Crippen MR) is 53.4 cm³/mol. The maximum Gasteiger partial charge on any atom is 0.125 e. The summed E-state index contributed by atoms with van der Waals surface area (Å²) in [7, 11) is 0. The Kier molecular flexibility index (Phi) is 2.21. The zero-order valence-electron chi connectivity index (χ0n) is 8.75. The van der Waals surface area contributed by atoms with Crippen LogP contribution >= 0.6 is 0 Å². The molecule has 2 aliphatic carbocycles. The lowest BCUT2D eigenvalue weighted by Gasteiger charge is -2.27. The first-order chi connectivity index (χ1) is 6.11. The van der Waals surface area contributed by atoms with Crippen molar-refractivity contribution in [2.24, 2.45) is 23.2 Å². The van der Waals surface area contributed by atoms with E-state index in [1.165, 1.54) is 25.7 Å². The molecular weight excluding hydrogens is 160 g/mol. The fourth-order valence-electron chi connectivity index (χ4n) is 2.93. The van der Waals surface area contributed by atoms with E-state index in [0.29, 0.717) is 0 Å². The van der Waals surface area contributed by atoms with Crippen LogP contribution in [-0.2, 0) is 4.79 Å². The Morgan fingerprint density at radius 1 is 1.23 bits per heavy atom. The summed E-state index contributed by atoms with van der Waals surface area (Å²) in [5.74, 6) is 2.96. The van der Waals surface area contributed by atoms with Crippen LogP contribution in [0.3, 0.4) is 0 Å². The topological polar surface area (TPSA) is 17.1 Å². The molecule has 0 aromatic carbocycles. The van der Waals surface area contributed by atoms with E-state index in [-0.39, 0.29) is 5.41 Å². The molecule has 0 N–H and O–H groups in total. The van der Waals surface area contributed by atoms with E-state index in [9.17, 15) is 4.79 Å². The van der Waals surface area contributed by atoms with Gasteiger partial charge in [-0.1, -0.05) is 20.3 Å². The van der Waals surface area contributed by atoms with Gasteiger partial charge in [0.2, 0.25) is 0 Å². The van der Waals surface area contributed by atoms with Crippen molar-refractivity contribution in [3.63, 3.8) is 0 Å². The quantitative estimate of drug-likeness (QED) is 0.610. The van der Waals surface area contributed by atoms with E-state index in [0.717, 1.165) is 30.5 Å². The zero-order valence-corrected chi connectivity index (χ0v) is 8.75. The summed E-state index contributed by atoms with van der Waals surface area (Å²) in [5, 5.41) is 0. The van der Waals surface area contributed by atoms with Gasteiger partial charge in [-0.15, -0.1) is 0 Å². The lowest BCUT2D eigenvalue weighted by molar-refractivity contribution is -0.115. The molecule has 74 valence electrons. The largest absolute Gasteiger partial charge is 0.303 e. The van der Waals surface area contributed by atoms with Gasteiger partial charge in [-0.05, 0) is 43.4 Å². The number of rotatable bonds is 3. The van der Waals surface area contributed by atoms with Gasteiger partial charge in [-0.3, -0.25) is 0 Å². The van der Waals surface area contributed by atoms with Gasteiger partial charge < -0.3 is 4.79 Å². The minimum atomic E-state index is -0.0770. The van der Waals surface area contributed by atoms with Crippen molar-refractivity contribution < 1.29 is 4.79 Å². The van der Waals surface area contributed by atoms with Crippen molar-refractivity contribution in [2.45, 2.75) is 46.0 Å². The summed E-state index contributed by atoms with van der Waals surface area (Å²) in [6, 6.07) is 0. The maximum absolute atomic E-state index is 10.8. The summed E-state index contributed by atoms with van der Waals surface area (Å²) in [4.78, 5) is 10.8. The third-order valence-corrected chi connectivity index (χ3v) is 3.78. The van der Waals surface area contributed by atoms with Crippen LogP contribution in [0, 0.1) is 23.2 Å². The van der Waals surface area contributed by atoms with Crippen LogP contribution in [-0.4, -0.2) is 6.29 Å². The minimum absolute atomic E-state index is 0.0770. The second-order valence-electron chi connectivity index (χ2n) is 5.75. The molecule has 0 heterocycles. The standard InChI is InChI=1S/C12H20O/c1-12(2,8-13)7-9-3-4-10-6-11(10)5-9/h8-11H,3-7H2,1-2H3. The molecule has 2 aliphatic rings. The second-order valence-corrected chi connectivity index (χ2v) is 5.75. The highest BCUT2D eigenvalue weighted by Crippen LogP contribution is 2.52. The molecule has 3 unspecified atom stereocenters. The molecule has 0 bridgehead atoms. The first kappa shape index (κ1) is 9.23. The van der Waals surface area contributed by atoms with Crippen molar-refractivity contribution >= 4 is 6.29 Å². The summed E-state index contributed by atoms with van der Waals surface area (Å²) in [5.41, 5.74) is -0.0770. The van der Waals surface area contributed by atoms with Crippen molar-refractivity contribution in [2.75, 3.05) is 0 Å². The Labute approximate surface area is 80.9 Å². The van der Waals surface area contributed by atoms with Gasteiger partial charge in [0.25, 0.3) is 0 Å². The number of hydrogen-bond acceptors (Lipinski definition) is 1. The first-order valence-electron chi connectivity index (χ1n) is 5.57. The monoisotopic (exact) mass is 180 g/mol. The zero-order chi connectivity index (χ0) is 9.47. The molecule has 1 heteroatoms. The fraction of sp³-hybridized carbons (Fsp3) is 0.917. The predicted octanol–water partition coefficient (Wildman–Crippen LogP) is 3.04. The SMILES string of the molecule is CC(C)(C=O)CC1CCC2CC2C1. The maximum atomic E-state index is 10.8. The van der Waals surface area contributed by atoms with Crippen LogP contribution in [0.4, 0.5) is 0 Å². The molecule has 0 saturated heterocycles. The third-order valence-electron chi connectivity index (χ3n) is 3.78. The average molecular weight is 180 g/mol. The smallest absolute Gasteiger partial charge is 0.125 e. The van der Waals surface area contributed by atoms with Crippen molar-refractivity contribution in [1.82, 2.24) is 0 Å². The number of carbonyl (C=O) groups excluding carboxylic acids is 1. The Balaban J connectivity index is 1.84. The Hall–Kier alpha value is -0.330. The Morgan fingerprint density at radius 3 is 2.62 bits per heavy atom. The van der Waals surface area contributed by atoms with E-state index in [4.69, 9.17) is 0 Å². The van der Waals surface area contributed by atoms with E-state index < -0.39 is 0 Å². The summed E-state index contributed by atoms with van der Waals surface area (Å²) in [6.45, 7) is 4.14. The Morgan fingerprint density at radius 2 is 2.00 bits per heavy atom. The molecule has 0 radical (unpaired) electrons. The normalized spacial score (nSPS) is 38.2. The van der Waals surface area contributed by atoms with Crippen LogP contribution < -0.4 is 0 Å². The minimum Gasteiger partial charge on any atom is -0.303 e. The highest BCUT2D eigenvalue weighted by molar-refractivity contribution is 5.57. The van der Waals surface area contributed by atoms with E-state index in [1.807, 2.05) is 0 Å². The van der Waals surface area contributed by atoms with Crippen molar-refractivity contribution in [3.8, 4) is 0 Å². The highest BCUT2D eigenvalue weighted by atomic mass is 16.1. The third kappa shape index (κ3) is 2.12. The molecule has 2 rings (SSSR count). The van der Waals surface area contributed by atoms with E-state index in [2.05, 4.69) is 13.8 Å². The molecular formula is C12H20O. The fourth-order valence-corrected chi connectivity index (χ4v) is 2.93. The van der Waals surface area contributed by atoms with Gasteiger partial charge >= 0.3 is 0 Å². The highest BCUT2D eigenvalue weighted by Gasteiger charge is 2.42. The summed E-state index contributed by atoms with van der Waals surface area (Å²) < 4.78 is 0. The molecule has 1 nitrogen and oxygen atoms in total. The van der Waals surface area contributed by atoms with Crippen LogP contribution in [0.1, 0.15) is 46.0 Å². The van der Waals surface area contributed by atoms with Gasteiger partial charge in [0.1, 0.15) is 6.29 Å². The van der Waals surface area contributed by atoms with E-state index in [1.54, 1.807) is 0 Å².